The summed E-state index contributed by atoms with van der Waals surface area (Å²) in [6, 6.07) is 3.13. The maximum atomic E-state index is 13.8. The molecule has 0 saturated carbocycles. The van der Waals surface area contributed by atoms with E-state index in [-0.39, 0.29) is 18.0 Å². The van der Waals surface area contributed by atoms with E-state index in [2.05, 4.69) is 9.98 Å². The van der Waals surface area contributed by atoms with Gasteiger partial charge in [0.15, 0.2) is 18.2 Å². The second kappa shape index (κ2) is 7.74. The number of aliphatic hydroxyl groups is 3. The Morgan fingerprint density at radius 2 is 2.03 bits per heavy atom. The van der Waals surface area contributed by atoms with Crippen molar-refractivity contribution in [3.05, 3.63) is 47.4 Å². The van der Waals surface area contributed by atoms with Crippen LogP contribution in [0, 0.1) is 11.6 Å². The Morgan fingerprint density at radius 3 is 2.72 bits per heavy atom. The number of fused-ring (bicyclic) bond motifs is 1. The topological polar surface area (TPSA) is 139 Å². The number of hydrogen-bond acceptors (Lipinski definition) is 9. The van der Waals surface area contributed by atoms with Crippen LogP contribution in [-0.4, -0.2) is 61.2 Å². The van der Waals surface area contributed by atoms with Crippen molar-refractivity contribution in [1.82, 2.24) is 14.6 Å². The molecule has 10 nitrogen and oxygen atoms in total. The minimum absolute atomic E-state index is 0.134. The maximum absolute atomic E-state index is 13.8. The van der Waals surface area contributed by atoms with Crippen LogP contribution in [0.5, 0.6) is 0 Å². The molecule has 5 N–H and O–H groups in total. The third kappa shape index (κ3) is 3.50. The first-order valence-corrected chi connectivity index (χ1v) is 8.75. The zero-order valence-corrected chi connectivity index (χ0v) is 15.0. The normalized spacial score (nSPS) is 28.8. The molecule has 1 aromatic heterocycles. The Balaban J connectivity index is 1.50. The Morgan fingerprint density at radius 1 is 1.24 bits per heavy atom. The summed E-state index contributed by atoms with van der Waals surface area (Å²) in [4.78, 5) is 13.8. The van der Waals surface area contributed by atoms with Crippen molar-refractivity contribution in [3.63, 3.8) is 0 Å². The van der Waals surface area contributed by atoms with Gasteiger partial charge in [-0.25, -0.2) is 23.8 Å². The molecule has 0 radical (unpaired) electrons. The van der Waals surface area contributed by atoms with Gasteiger partial charge in [-0.3, -0.25) is 9.40 Å². The van der Waals surface area contributed by atoms with E-state index in [0.29, 0.717) is 5.69 Å². The van der Waals surface area contributed by atoms with Crippen molar-refractivity contribution in [2.75, 3.05) is 6.61 Å². The molecule has 3 unspecified atom stereocenters. The van der Waals surface area contributed by atoms with E-state index in [0.717, 1.165) is 12.1 Å². The van der Waals surface area contributed by atoms with Crippen LogP contribution in [0.4, 0.5) is 14.6 Å². The minimum Gasteiger partial charge on any atom is -0.394 e. The van der Waals surface area contributed by atoms with Gasteiger partial charge in [0.2, 0.25) is 0 Å². The molecule has 156 valence electrons. The average molecular weight is 411 g/mol. The molecule has 0 bridgehead atoms. The van der Waals surface area contributed by atoms with Crippen LogP contribution in [0.25, 0.3) is 0 Å². The lowest BCUT2D eigenvalue weighted by Crippen LogP contribution is -2.36. The fourth-order valence-corrected chi connectivity index (χ4v) is 3.21. The average Bonchev–Trinajstić information content (AvgIpc) is 3.24. The Bertz CT molecular complexity index is 926. The first kappa shape index (κ1) is 19.8. The number of aliphatic imine (C=N–C) groups is 1. The third-order valence-corrected chi connectivity index (χ3v) is 4.82. The molecular formula is C17H19F2N5O5. The van der Waals surface area contributed by atoms with Gasteiger partial charge in [-0.15, -0.1) is 0 Å². The predicted molar refractivity (Wildman–Crippen MR) is 93.3 cm³/mol. The van der Waals surface area contributed by atoms with Gasteiger partial charge in [0.25, 0.3) is 0 Å². The monoisotopic (exact) mass is 411 g/mol. The molecule has 0 spiro atoms. The van der Waals surface area contributed by atoms with Gasteiger partial charge in [-0.05, 0) is 6.07 Å². The Kier molecular flexibility index (Phi) is 5.29. The number of nitrogens with two attached hydrogens (primary N) is 1. The van der Waals surface area contributed by atoms with Crippen LogP contribution < -0.4 is 5.73 Å². The highest BCUT2D eigenvalue weighted by Crippen LogP contribution is 2.37. The summed E-state index contributed by atoms with van der Waals surface area (Å²) in [5.41, 5.74) is 6.56. The van der Waals surface area contributed by atoms with Crippen LogP contribution >= 0.6 is 0 Å². The number of ether oxygens (including phenoxy) is 1. The number of hydrogen-bond donors (Lipinski definition) is 4. The molecule has 1 aromatic carbocycles. The first-order chi connectivity index (χ1) is 13.9. The zero-order valence-electron chi connectivity index (χ0n) is 15.0. The van der Waals surface area contributed by atoms with Crippen LogP contribution in [0.1, 0.15) is 23.7 Å². The van der Waals surface area contributed by atoms with Crippen LogP contribution in [0.15, 0.2) is 29.5 Å². The fraction of sp³-hybridized carbons (Fsp3) is 0.412. The summed E-state index contributed by atoms with van der Waals surface area (Å²) in [6.07, 6.45) is -2.82. The van der Waals surface area contributed by atoms with Crippen LogP contribution in [-0.2, 0) is 16.2 Å². The summed E-state index contributed by atoms with van der Waals surface area (Å²) in [6.45, 7) is -0.674. The van der Waals surface area contributed by atoms with E-state index in [1.165, 1.54) is 28.4 Å². The zero-order chi connectivity index (χ0) is 20.7. The number of aromatic nitrogens is 2. The SMILES string of the molecule is NC1c2ncn([C@@H]3O[C@H](CO)C(O)C3O)c2N=CN1OCc1ccc(F)cc1F. The van der Waals surface area contributed by atoms with Crippen molar-refractivity contribution in [2.24, 2.45) is 10.7 Å². The Labute approximate surface area is 163 Å². The van der Waals surface area contributed by atoms with Gasteiger partial charge in [0.05, 0.1) is 12.9 Å². The highest BCUT2D eigenvalue weighted by Gasteiger charge is 2.44. The molecule has 0 amide bonds. The summed E-state index contributed by atoms with van der Waals surface area (Å²) in [5, 5.41) is 30.5. The largest absolute Gasteiger partial charge is 0.394 e. The summed E-state index contributed by atoms with van der Waals surface area (Å²) < 4.78 is 33.6. The quantitative estimate of drug-likeness (QED) is 0.532. The molecule has 1 fully saturated rings. The van der Waals surface area contributed by atoms with Crippen molar-refractivity contribution in [2.45, 2.75) is 37.3 Å². The van der Waals surface area contributed by atoms with Crippen molar-refractivity contribution in [1.29, 1.82) is 0 Å². The maximum Gasteiger partial charge on any atom is 0.165 e. The molecule has 5 atom stereocenters. The lowest BCUT2D eigenvalue weighted by atomic mass is 10.1. The molecule has 2 aromatic rings. The van der Waals surface area contributed by atoms with Gasteiger partial charge in [0.1, 0.15) is 48.6 Å². The third-order valence-electron chi connectivity index (χ3n) is 4.82. The summed E-state index contributed by atoms with van der Waals surface area (Å²) in [5.74, 6) is -1.16. The minimum atomic E-state index is -1.30. The van der Waals surface area contributed by atoms with E-state index < -0.39 is 48.9 Å². The number of hydroxylamine groups is 2. The van der Waals surface area contributed by atoms with E-state index in [1.54, 1.807) is 0 Å². The number of halogens is 2. The van der Waals surface area contributed by atoms with Gasteiger partial charge in [-0.1, -0.05) is 6.07 Å². The van der Waals surface area contributed by atoms with Gasteiger partial charge in [0, 0.05) is 11.6 Å². The summed E-state index contributed by atoms with van der Waals surface area (Å²) in [7, 11) is 0. The molecule has 1 saturated heterocycles. The smallest absolute Gasteiger partial charge is 0.165 e. The van der Waals surface area contributed by atoms with Gasteiger partial charge >= 0.3 is 0 Å². The van der Waals surface area contributed by atoms with Crippen molar-refractivity contribution in [3.8, 4) is 0 Å². The van der Waals surface area contributed by atoms with Gasteiger partial charge < -0.3 is 25.8 Å². The van der Waals surface area contributed by atoms with Crippen LogP contribution in [0.2, 0.25) is 0 Å². The van der Waals surface area contributed by atoms with E-state index >= 15 is 0 Å². The standard InChI is InChI=1S/C17H19F2N5O5/c18-9-2-1-8(10(19)3-9)5-28-24-7-22-16-12(15(24)20)21-6-23(16)17-14(27)13(26)11(4-25)29-17/h1-3,6-7,11,13-15,17,25-27H,4-5,20H2/t11-,13?,14?,15?,17-/m1/s1. The fourth-order valence-electron chi connectivity index (χ4n) is 3.21. The molecule has 2 aliphatic heterocycles. The molecule has 12 heteroatoms. The van der Waals surface area contributed by atoms with Gasteiger partial charge in [-0.2, -0.15) is 0 Å². The number of rotatable bonds is 5. The second-order valence-corrected chi connectivity index (χ2v) is 6.65. The molecule has 0 aliphatic carbocycles. The molecule has 4 rings (SSSR count). The summed E-state index contributed by atoms with van der Waals surface area (Å²) >= 11 is 0. The molecule has 3 heterocycles. The van der Waals surface area contributed by atoms with Crippen LogP contribution in [0.3, 0.4) is 0 Å². The Hall–Kier alpha value is -2.48. The second-order valence-electron chi connectivity index (χ2n) is 6.65. The predicted octanol–water partition coefficient (Wildman–Crippen LogP) is -0.163. The molecule has 2 aliphatic rings. The highest BCUT2D eigenvalue weighted by molar-refractivity contribution is 5.64. The van der Waals surface area contributed by atoms with Crippen molar-refractivity contribution >= 4 is 12.2 Å². The molecule has 29 heavy (non-hydrogen) atoms. The van der Waals surface area contributed by atoms with E-state index in [1.807, 2.05) is 0 Å². The number of nitrogens with zero attached hydrogens (tertiary/aromatic N) is 4. The number of aliphatic hydroxyl groups excluding tert-OH is 3. The number of imidazole rings is 1. The first-order valence-electron chi connectivity index (χ1n) is 8.75. The van der Waals surface area contributed by atoms with Crippen molar-refractivity contribution < 1.29 is 33.7 Å². The lowest BCUT2D eigenvalue weighted by molar-refractivity contribution is -0.137. The molecular weight excluding hydrogens is 392 g/mol. The lowest BCUT2D eigenvalue weighted by Gasteiger charge is -2.28. The van der Waals surface area contributed by atoms with E-state index in [9.17, 15) is 24.1 Å². The number of benzene rings is 1. The van der Waals surface area contributed by atoms with E-state index in [4.69, 9.17) is 15.3 Å². The highest BCUT2D eigenvalue weighted by atomic mass is 19.1.